The topological polar surface area (TPSA) is 21.3 Å². The van der Waals surface area contributed by atoms with Gasteiger partial charge < -0.3 is 4.84 Å². The van der Waals surface area contributed by atoms with E-state index in [1.54, 1.807) is 36.4 Å². The molecular weight excluding hydrogens is 245 g/mol. The first-order chi connectivity index (χ1) is 7.74. The largest absolute Gasteiger partial charge is 0.382 e. The Bertz CT molecular complexity index is 471. The van der Waals surface area contributed by atoms with Crippen LogP contribution in [0.5, 0.6) is 5.75 Å². The van der Waals surface area contributed by atoms with Gasteiger partial charge in [-0.3, -0.25) is 0 Å². The molecule has 0 fully saturated rings. The molecule has 2 aromatic rings. The van der Waals surface area contributed by atoms with E-state index < -0.39 is 0 Å². The lowest BCUT2D eigenvalue weighted by Gasteiger charge is -2.08. The van der Waals surface area contributed by atoms with Crippen molar-refractivity contribution in [3.63, 3.8) is 0 Å². The van der Waals surface area contributed by atoms with Crippen LogP contribution in [0.3, 0.4) is 0 Å². The van der Waals surface area contributed by atoms with Gasteiger partial charge in [0.15, 0.2) is 5.75 Å². The molecule has 2 rings (SSSR count). The molecule has 0 amide bonds. The normalized spacial score (nSPS) is 9.88. The molecule has 0 bridgehead atoms. The summed E-state index contributed by atoms with van der Waals surface area (Å²) in [5.41, 5.74) is 3.59. The number of nitrogens with one attached hydrogen (secondary N) is 1. The number of hydrogen-bond acceptors (Lipinski definition) is 2. The molecule has 0 saturated carbocycles. The van der Waals surface area contributed by atoms with E-state index in [9.17, 15) is 0 Å². The Morgan fingerprint density at radius 2 is 1.62 bits per heavy atom. The Balaban J connectivity index is 1.99. The second-order valence-electron chi connectivity index (χ2n) is 3.17. The second kappa shape index (κ2) is 5.10. The van der Waals surface area contributed by atoms with Crippen LogP contribution in [0.4, 0.5) is 5.69 Å². The summed E-state index contributed by atoms with van der Waals surface area (Å²) in [7, 11) is 0. The Morgan fingerprint density at radius 3 is 2.31 bits per heavy atom. The lowest BCUT2D eigenvalue weighted by Crippen LogP contribution is -2.03. The van der Waals surface area contributed by atoms with Crippen molar-refractivity contribution in [1.82, 2.24) is 0 Å². The smallest absolute Gasteiger partial charge is 0.155 e. The molecule has 0 aliphatic heterocycles. The summed E-state index contributed by atoms with van der Waals surface area (Å²) >= 11 is 11.6. The average Bonchev–Trinajstić information content (AvgIpc) is 2.28. The quantitative estimate of drug-likeness (QED) is 0.819. The minimum atomic E-state index is 0.657. The van der Waals surface area contributed by atoms with Crippen LogP contribution in [0.2, 0.25) is 10.0 Å². The minimum Gasteiger partial charge on any atom is -0.382 e. The predicted molar refractivity (Wildman–Crippen MR) is 67.2 cm³/mol. The zero-order valence-corrected chi connectivity index (χ0v) is 9.79. The standard InChI is InChI=1S/C12H9Cl2NO/c13-9-4-6-12(7-5-9)16-15-11-3-1-2-10(14)8-11/h1-8,15H. The van der Waals surface area contributed by atoms with Gasteiger partial charge >= 0.3 is 0 Å². The highest BCUT2D eigenvalue weighted by Crippen LogP contribution is 2.18. The van der Waals surface area contributed by atoms with Crippen molar-refractivity contribution in [3.8, 4) is 5.75 Å². The number of benzene rings is 2. The van der Waals surface area contributed by atoms with Gasteiger partial charge in [-0.2, -0.15) is 0 Å². The second-order valence-corrected chi connectivity index (χ2v) is 4.04. The highest BCUT2D eigenvalue weighted by Gasteiger charge is 1.96. The van der Waals surface area contributed by atoms with Crippen LogP contribution >= 0.6 is 23.2 Å². The van der Waals surface area contributed by atoms with Crippen molar-refractivity contribution in [2.24, 2.45) is 0 Å². The average molecular weight is 254 g/mol. The molecule has 0 aliphatic carbocycles. The van der Waals surface area contributed by atoms with Crippen LogP contribution in [0.25, 0.3) is 0 Å². The van der Waals surface area contributed by atoms with Gasteiger partial charge in [0.05, 0.1) is 5.69 Å². The third-order valence-corrected chi connectivity index (χ3v) is 2.41. The van der Waals surface area contributed by atoms with Crippen molar-refractivity contribution < 1.29 is 4.84 Å². The van der Waals surface area contributed by atoms with Crippen LogP contribution in [-0.2, 0) is 0 Å². The first-order valence-electron chi connectivity index (χ1n) is 4.68. The molecule has 0 unspecified atom stereocenters. The van der Waals surface area contributed by atoms with Crippen LogP contribution in [0.1, 0.15) is 0 Å². The Labute approximate surface area is 104 Å². The monoisotopic (exact) mass is 253 g/mol. The van der Waals surface area contributed by atoms with Crippen LogP contribution in [0, 0.1) is 0 Å². The van der Waals surface area contributed by atoms with E-state index in [1.807, 2.05) is 12.1 Å². The molecule has 4 heteroatoms. The molecule has 0 aromatic heterocycles. The molecule has 0 heterocycles. The Morgan fingerprint density at radius 1 is 0.875 bits per heavy atom. The maximum Gasteiger partial charge on any atom is 0.155 e. The van der Waals surface area contributed by atoms with Crippen molar-refractivity contribution in [1.29, 1.82) is 0 Å². The summed E-state index contributed by atoms with van der Waals surface area (Å²) in [5, 5.41) is 1.33. The number of halogens is 2. The summed E-state index contributed by atoms with van der Waals surface area (Å²) in [5.74, 6) is 0.685. The molecule has 2 nitrogen and oxygen atoms in total. The van der Waals surface area contributed by atoms with Crippen molar-refractivity contribution in [2.75, 3.05) is 5.48 Å². The fourth-order valence-electron chi connectivity index (χ4n) is 1.17. The highest BCUT2D eigenvalue weighted by molar-refractivity contribution is 6.31. The van der Waals surface area contributed by atoms with Crippen LogP contribution in [0.15, 0.2) is 48.5 Å². The summed E-state index contributed by atoms with van der Waals surface area (Å²) in [6.45, 7) is 0. The predicted octanol–water partition coefficient (Wildman–Crippen LogP) is 4.40. The van der Waals surface area contributed by atoms with Gasteiger partial charge in [0.25, 0.3) is 0 Å². The van der Waals surface area contributed by atoms with Crippen molar-refractivity contribution in [3.05, 3.63) is 58.6 Å². The number of hydrogen-bond donors (Lipinski definition) is 1. The molecular formula is C12H9Cl2NO. The minimum absolute atomic E-state index is 0.657. The molecule has 1 N–H and O–H groups in total. The van der Waals surface area contributed by atoms with E-state index in [4.69, 9.17) is 28.0 Å². The van der Waals surface area contributed by atoms with Gasteiger partial charge in [0, 0.05) is 10.0 Å². The van der Waals surface area contributed by atoms with Gasteiger partial charge in [-0.1, -0.05) is 29.3 Å². The zero-order chi connectivity index (χ0) is 11.4. The molecule has 0 saturated heterocycles. The van der Waals surface area contributed by atoms with Crippen LogP contribution in [-0.4, -0.2) is 0 Å². The van der Waals surface area contributed by atoms with E-state index in [2.05, 4.69) is 5.48 Å². The van der Waals surface area contributed by atoms with E-state index in [-0.39, 0.29) is 0 Å². The van der Waals surface area contributed by atoms with Gasteiger partial charge in [-0.15, -0.1) is 0 Å². The van der Waals surface area contributed by atoms with Gasteiger partial charge in [0.2, 0.25) is 0 Å². The van der Waals surface area contributed by atoms with Gasteiger partial charge in [0.1, 0.15) is 0 Å². The first-order valence-corrected chi connectivity index (χ1v) is 5.43. The van der Waals surface area contributed by atoms with Gasteiger partial charge in [-0.05, 0) is 42.5 Å². The van der Waals surface area contributed by atoms with E-state index >= 15 is 0 Å². The molecule has 2 aromatic carbocycles. The lowest BCUT2D eigenvalue weighted by molar-refractivity contribution is 0.405. The van der Waals surface area contributed by atoms with E-state index in [0.717, 1.165) is 5.69 Å². The summed E-state index contributed by atoms with van der Waals surface area (Å²) < 4.78 is 0. The Kier molecular flexibility index (Phi) is 3.54. The third-order valence-electron chi connectivity index (χ3n) is 1.92. The molecule has 0 atom stereocenters. The fraction of sp³-hybridized carbons (Fsp3) is 0. The molecule has 0 spiro atoms. The summed E-state index contributed by atoms with van der Waals surface area (Å²) in [6, 6.07) is 14.4. The molecule has 16 heavy (non-hydrogen) atoms. The molecule has 0 radical (unpaired) electrons. The SMILES string of the molecule is Clc1ccc(ONc2cccc(Cl)c2)cc1. The highest BCUT2D eigenvalue weighted by atomic mass is 35.5. The summed E-state index contributed by atoms with van der Waals surface area (Å²) in [4.78, 5) is 5.33. The lowest BCUT2D eigenvalue weighted by atomic mass is 10.3. The number of rotatable bonds is 3. The van der Waals surface area contributed by atoms with E-state index in [1.165, 1.54) is 0 Å². The fourth-order valence-corrected chi connectivity index (χ4v) is 1.49. The first kappa shape index (κ1) is 11.1. The van der Waals surface area contributed by atoms with Crippen LogP contribution < -0.4 is 10.3 Å². The van der Waals surface area contributed by atoms with E-state index in [0.29, 0.717) is 15.8 Å². The van der Waals surface area contributed by atoms with Crippen molar-refractivity contribution >= 4 is 28.9 Å². The molecule has 82 valence electrons. The maximum atomic E-state index is 5.83. The molecule has 0 aliphatic rings. The zero-order valence-electron chi connectivity index (χ0n) is 8.28. The number of anilines is 1. The third kappa shape index (κ3) is 3.05. The van der Waals surface area contributed by atoms with Crippen molar-refractivity contribution in [2.45, 2.75) is 0 Å². The Hall–Kier alpha value is -1.38. The summed E-state index contributed by atoms with van der Waals surface area (Å²) in [6.07, 6.45) is 0. The maximum absolute atomic E-state index is 5.83. The van der Waals surface area contributed by atoms with Gasteiger partial charge in [-0.25, -0.2) is 5.48 Å².